The highest BCUT2D eigenvalue weighted by atomic mass is 35.5. The molecule has 2 atom stereocenters. The molecule has 1 aromatic carbocycles. The Hall–Kier alpha value is -0.240. The van der Waals surface area contributed by atoms with Gasteiger partial charge >= 0.3 is 0 Å². The van der Waals surface area contributed by atoms with Crippen molar-refractivity contribution in [3.05, 3.63) is 33.8 Å². The summed E-state index contributed by atoms with van der Waals surface area (Å²) >= 11 is 12.4. The zero-order chi connectivity index (χ0) is 13.2. The molecule has 2 rings (SSSR count). The monoisotopic (exact) mass is 285 g/mol. The smallest absolute Gasteiger partial charge is 0.0624 e. The Kier molecular flexibility index (Phi) is 4.58. The molecule has 0 aromatic heterocycles. The van der Waals surface area contributed by atoms with Crippen molar-refractivity contribution in [3.8, 4) is 0 Å². The minimum absolute atomic E-state index is 0.214. The highest BCUT2D eigenvalue weighted by molar-refractivity contribution is 6.42. The number of rotatable bonds is 3. The molecule has 100 valence electrons. The van der Waals surface area contributed by atoms with Crippen LogP contribution in [-0.2, 0) is 6.42 Å². The van der Waals surface area contributed by atoms with E-state index >= 15 is 0 Å². The van der Waals surface area contributed by atoms with Crippen LogP contribution in [0, 0.1) is 11.3 Å². The topological polar surface area (TPSA) is 26.0 Å². The minimum atomic E-state index is 0.214. The molecule has 1 aliphatic rings. The van der Waals surface area contributed by atoms with Crippen LogP contribution in [0.4, 0.5) is 0 Å². The Labute approximate surface area is 120 Å². The molecule has 0 bridgehead atoms. The summed E-state index contributed by atoms with van der Waals surface area (Å²) in [7, 11) is 0. The molecule has 0 amide bonds. The van der Waals surface area contributed by atoms with E-state index < -0.39 is 0 Å². The Morgan fingerprint density at radius 1 is 1.39 bits per heavy atom. The van der Waals surface area contributed by atoms with Gasteiger partial charge in [0.1, 0.15) is 0 Å². The van der Waals surface area contributed by atoms with E-state index in [1.165, 1.54) is 25.7 Å². The first kappa shape index (κ1) is 14.2. The standard InChI is InChI=1S/C15H21Cl2N/c1-11-4-3-7-15(8-11,10-18)9-12-5-2-6-13(16)14(12)17/h2,5-6,11H,3-4,7-10,18H2,1H3. The zero-order valence-corrected chi connectivity index (χ0v) is 12.4. The molecule has 0 spiro atoms. The third kappa shape index (κ3) is 3.01. The van der Waals surface area contributed by atoms with Crippen molar-refractivity contribution in [2.45, 2.75) is 39.0 Å². The summed E-state index contributed by atoms with van der Waals surface area (Å²) in [5.41, 5.74) is 7.42. The Bertz CT molecular complexity index is 419. The van der Waals surface area contributed by atoms with Crippen molar-refractivity contribution in [3.63, 3.8) is 0 Å². The summed E-state index contributed by atoms with van der Waals surface area (Å²) in [6.07, 6.45) is 5.96. The van der Waals surface area contributed by atoms with Gasteiger partial charge in [-0.15, -0.1) is 0 Å². The second-order valence-corrected chi connectivity index (χ2v) is 6.58. The van der Waals surface area contributed by atoms with Crippen molar-refractivity contribution in [2.75, 3.05) is 6.54 Å². The third-order valence-corrected chi connectivity index (χ3v) is 5.07. The molecule has 1 fully saturated rings. The van der Waals surface area contributed by atoms with Gasteiger partial charge in [0.2, 0.25) is 0 Å². The lowest BCUT2D eigenvalue weighted by Gasteiger charge is -2.39. The van der Waals surface area contributed by atoms with Crippen LogP contribution >= 0.6 is 23.2 Å². The van der Waals surface area contributed by atoms with E-state index in [1.54, 1.807) is 0 Å². The molecule has 0 radical (unpaired) electrons. The largest absolute Gasteiger partial charge is 0.330 e. The Morgan fingerprint density at radius 2 is 2.17 bits per heavy atom. The predicted octanol–water partition coefficient (Wildman–Crippen LogP) is 4.69. The highest BCUT2D eigenvalue weighted by Gasteiger charge is 2.34. The van der Waals surface area contributed by atoms with E-state index in [9.17, 15) is 0 Å². The average Bonchev–Trinajstić information content (AvgIpc) is 2.35. The highest BCUT2D eigenvalue weighted by Crippen LogP contribution is 2.42. The molecule has 18 heavy (non-hydrogen) atoms. The van der Waals surface area contributed by atoms with Gasteiger partial charge < -0.3 is 5.73 Å². The van der Waals surface area contributed by atoms with Gasteiger partial charge in [0, 0.05) is 0 Å². The number of hydrogen-bond donors (Lipinski definition) is 1. The summed E-state index contributed by atoms with van der Waals surface area (Å²) in [5.74, 6) is 0.764. The molecule has 0 heterocycles. The summed E-state index contributed by atoms with van der Waals surface area (Å²) < 4.78 is 0. The van der Waals surface area contributed by atoms with Gasteiger partial charge in [-0.25, -0.2) is 0 Å². The maximum Gasteiger partial charge on any atom is 0.0624 e. The Morgan fingerprint density at radius 3 is 2.83 bits per heavy atom. The molecular weight excluding hydrogens is 265 g/mol. The first-order valence-corrected chi connectivity index (χ1v) is 7.45. The van der Waals surface area contributed by atoms with Gasteiger partial charge in [-0.2, -0.15) is 0 Å². The molecule has 2 N–H and O–H groups in total. The maximum absolute atomic E-state index is 6.30. The van der Waals surface area contributed by atoms with Crippen LogP contribution in [0.25, 0.3) is 0 Å². The van der Waals surface area contributed by atoms with Crippen LogP contribution < -0.4 is 5.73 Å². The lowest BCUT2D eigenvalue weighted by Crippen LogP contribution is -2.37. The summed E-state index contributed by atoms with van der Waals surface area (Å²) in [4.78, 5) is 0. The van der Waals surface area contributed by atoms with Gasteiger partial charge in [-0.1, -0.05) is 55.1 Å². The lowest BCUT2D eigenvalue weighted by molar-refractivity contribution is 0.154. The molecule has 1 aliphatic carbocycles. The van der Waals surface area contributed by atoms with Crippen molar-refractivity contribution in [1.29, 1.82) is 0 Å². The number of halogens is 2. The summed E-state index contributed by atoms with van der Waals surface area (Å²) in [5, 5.41) is 1.34. The quantitative estimate of drug-likeness (QED) is 0.857. The fraction of sp³-hybridized carbons (Fsp3) is 0.600. The molecule has 0 saturated heterocycles. The summed E-state index contributed by atoms with van der Waals surface area (Å²) in [6, 6.07) is 5.89. The van der Waals surface area contributed by atoms with Crippen molar-refractivity contribution in [1.82, 2.24) is 0 Å². The van der Waals surface area contributed by atoms with Crippen molar-refractivity contribution in [2.24, 2.45) is 17.1 Å². The van der Waals surface area contributed by atoms with Gasteiger partial charge in [0.05, 0.1) is 10.0 Å². The fourth-order valence-corrected chi connectivity index (χ4v) is 3.66. The van der Waals surface area contributed by atoms with Gasteiger partial charge in [0.25, 0.3) is 0 Å². The molecule has 3 heteroatoms. The van der Waals surface area contributed by atoms with Crippen LogP contribution in [0.2, 0.25) is 10.0 Å². The molecule has 1 nitrogen and oxygen atoms in total. The van der Waals surface area contributed by atoms with E-state index in [1.807, 2.05) is 12.1 Å². The van der Waals surface area contributed by atoms with E-state index in [0.29, 0.717) is 10.0 Å². The van der Waals surface area contributed by atoms with Crippen LogP contribution in [-0.4, -0.2) is 6.54 Å². The second kappa shape index (κ2) is 5.81. The molecular formula is C15H21Cl2N. The summed E-state index contributed by atoms with van der Waals surface area (Å²) in [6.45, 7) is 3.06. The molecule has 1 saturated carbocycles. The predicted molar refractivity (Wildman–Crippen MR) is 79.3 cm³/mol. The number of hydrogen-bond acceptors (Lipinski definition) is 1. The SMILES string of the molecule is CC1CCCC(CN)(Cc2cccc(Cl)c2Cl)C1. The second-order valence-electron chi connectivity index (χ2n) is 5.80. The van der Waals surface area contributed by atoms with Crippen molar-refractivity contribution < 1.29 is 0 Å². The number of benzene rings is 1. The maximum atomic E-state index is 6.30. The average molecular weight is 286 g/mol. The van der Waals surface area contributed by atoms with E-state index in [0.717, 1.165) is 24.4 Å². The van der Waals surface area contributed by atoms with E-state index in [4.69, 9.17) is 28.9 Å². The lowest BCUT2D eigenvalue weighted by atomic mass is 9.67. The number of nitrogens with two attached hydrogens (primary N) is 1. The van der Waals surface area contributed by atoms with Gasteiger partial charge in [-0.3, -0.25) is 0 Å². The van der Waals surface area contributed by atoms with Crippen LogP contribution in [0.1, 0.15) is 38.2 Å². The van der Waals surface area contributed by atoms with Crippen molar-refractivity contribution >= 4 is 23.2 Å². The van der Waals surface area contributed by atoms with Gasteiger partial charge in [-0.05, 0) is 48.8 Å². The van der Waals surface area contributed by atoms with E-state index in [2.05, 4.69) is 13.0 Å². The normalized spacial score (nSPS) is 28.3. The fourth-order valence-electron chi connectivity index (χ4n) is 3.28. The third-order valence-electron chi connectivity index (χ3n) is 4.22. The first-order valence-electron chi connectivity index (χ1n) is 6.69. The molecule has 1 aromatic rings. The van der Waals surface area contributed by atoms with E-state index in [-0.39, 0.29) is 5.41 Å². The zero-order valence-electron chi connectivity index (χ0n) is 10.9. The van der Waals surface area contributed by atoms with Crippen LogP contribution in [0.3, 0.4) is 0 Å². The van der Waals surface area contributed by atoms with Crippen LogP contribution in [0.5, 0.6) is 0 Å². The molecule has 0 aliphatic heterocycles. The minimum Gasteiger partial charge on any atom is -0.330 e. The Balaban J connectivity index is 2.22. The van der Waals surface area contributed by atoms with Gasteiger partial charge in [0.15, 0.2) is 0 Å². The molecule has 2 unspecified atom stereocenters. The first-order chi connectivity index (χ1) is 8.56. The van der Waals surface area contributed by atoms with Crippen LogP contribution in [0.15, 0.2) is 18.2 Å².